The molecule has 2 aromatic carbocycles. The van der Waals surface area contributed by atoms with Gasteiger partial charge >= 0.3 is 0 Å². The molecule has 0 saturated carbocycles. The lowest BCUT2D eigenvalue weighted by Gasteiger charge is -2.25. The highest BCUT2D eigenvalue weighted by atomic mass is 16.5. The van der Waals surface area contributed by atoms with Crippen LogP contribution in [-0.2, 0) is 11.2 Å². The van der Waals surface area contributed by atoms with Crippen molar-refractivity contribution in [2.24, 2.45) is 0 Å². The number of aryl methyl sites for hydroxylation is 1. The summed E-state index contributed by atoms with van der Waals surface area (Å²) in [6, 6.07) is 14.0. The van der Waals surface area contributed by atoms with Gasteiger partial charge in [0.2, 0.25) is 5.91 Å². The monoisotopic (exact) mass is 498 g/mol. The number of carbonyl (C=O) groups excluding carboxylic acids is 1. The first-order valence-electron chi connectivity index (χ1n) is 12.2. The number of amides is 1. The van der Waals surface area contributed by atoms with Crippen molar-refractivity contribution in [3.8, 4) is 17.0 Å². The Hall–Kier alpha value is -4.17. The Bertz CT molecular complexity index is 1430. The van der Waals surface area contributed by atoms with E-state index in [-0.39, 0.29) is 5.91 Å². The number of nitrogens with zero attached hydrogens (tertiary/aromatic N) is 4. The lowest BCUT2D eigenvalue weighted by molar-refractivity contribution is -0.111. The zero-order chi connectivity index (χ0) is 26.5. The minimum atomic E-state index is -0.272. The number of hydrogen-bond acceptors (Lipinski definition) is 6. The first-order valence-corrected chi connectivity index (χ1v) is 12.2. The van der Waals surface area contributed by atoms with Crippen LogP contribution >= 0.6 is 0 Å². The second-order valence-electron chi connectivity index (χ2n) is 9.30. The maximum absolute atomic E-state index is 12.2. The third kappa shape index (κ3) is 5.81. The predicted molar refractivity (Wildman–Crippen MR) is 151 cm³/mol. The quantitative estimate of drug-likeness (QED) is 0.310. The Labute approximate surface area is 218 Å². The summed E-state index contributed by atoms with van der Waals surface area (Å²) in [6.07, 6.45) is 3.50. The highest BCUT2D eigenvalue weighted by Gasteiger charge is 2.18. The van der Waals surface area contributed by atoms with Crippen molar-refractivity contribution in [1.29, 1.82) is 0 Å². The van der Waals surface area contributed by atoms with Gasteiger partial charge in [0.1, 0.15) is 11.6 Å². The SMILES string of the molecule is C=CC(=O)Nc1cc(Cc2nccc(-c3c(C)[nH]c4ccccc34)n2)c(OC)cc1N(C)CCN(C)C. The number of fused-ring (bicyclic) bond motifs is 1. The summed E-state index contributed by atoms with van der Waals surface area (Å²) in [5, 5.41) is 4.08. The van der Waals surface area contributed by atoms with Crippen LogP contribution in [0.3, 0.4) is 0 Å². The standard InChI is InChI=1S/C29H34N6O2/c1-7-28(36)33-24-16-20(26(37-6)18-25(24)35(5)15-14-34(3)4)17-27-30-13-12-23(32-27)29-19(2)31-22-11-9-8-10-21(22)29/h7-13,16,18,31H,1,14-15,17H2,2-6H3,(H,33,36). The number of aromatic amines is 1. The van der Waals surface area contributed by atoms with E-state index in [0.29, 0.717) is 23.7 Å². The fourth-order valence-corrected chi connectivity index (χ4v) is 4.41. The van der Waals surface area contributed by atoms with E-state index < -0.39 is 0 Å². The topological polar surface area (TPSA) is 86.4 Å². The molecular weight excluding hydrogens is 464 g/mol. The van der Waals surface area contributed by atoms with Crippen molar-refractivity contribution < 1.29 is 9.53 Å². The van der Waals surface area contributed by atoms with Gasteiger partial charge in [-0.05, 0) is 45.3 Å². The number of aromatic nitrogens is 3. The number of hydrogen-bond donors (Lipinski definition) is 2. The van der Waals surface area contributed by atoms with E-state index in [1.54, 1.807) is 13.3 Å². The third-order valence-electron chi connectivity index (χ3n) is 6.34. The summed E-state index contributed by atoms with van der Waals surface area (Å²) < 4.78 is 5.77. The Kier molecular flexibility index (Phi) is 7.89. The molecule has 0 aliphatic heterocycles. The minimum Gasteiger partial charge on any atom is -0.496 e. The maximum atomic E-state index is 12.2. The first-order chi connectivity index (χ1) is 17.8. The van der Waals surface area contributed by atoms with Gasteiger partial charge in [-0.2, -0.15) is 0 Å². The fourth-order valence-electron chi connectivity index (χ4n) is 4.41. The van der Waals surface area contributed by atoms with Crippen molar-refractivity contribution in [3.63, 3.8) is 0 Å². The molecule has 0 spiro atoms. The molecule has 0 atom stereocenters. The average molecular weight is 499 g/mol. The normalized spacial score (nSPS) is 11.1. The number of ether oxygens (including phenoxy) is 1. The molecule has 4 aromatic rings. The summed E-state index contributed by atoms with van der Waals surface area (Å²) in [6.45, 7) is 7.30. The highest BCUT2D eigenvalue weighted by Crippen LogP contribution is 2.35. The van der Waals surface area contributed by atoms with Crippen molar-refractivity contribution in [1.82, 2.24) is 19.9 Å². The van der Waals surface area contributed by atoms with E-state index in [9.17, 15) is 4.79 Å². The van der Waals surface area contributed by atoms with E-state index in [2.05, 4.69) is 50.7 Å². The number of rotatable bonds is 10. The van der Waals surface area contributed by atoms with Crippen molar-refractivity contribution in [2.75, 3.05) is 51.6 Å². The average Bonchev–Trinajstić information content (AvgIpc) is 3.23. The lowest BCUT2D eigenvalue weighted by Crippen LogP contribution is -2.29. The van der Waals surface area contributed by atoms with Gasteiger partial charge in [-0.1, -0.05) is 24.8 Å². The lowest BCUT2D eigenvalue weighted by atomic mass is 10.1. The maximum Gasteiger partial charge on any atom is 0.247 e. The number of carbonyl (C=O) groups is 1. The largest absolute Gasteiger partial charge is 0.496 e. The molecule has 0 unspecified atom stereocenters. The van der Waals surface area contributed by atoms with Crippen LogP contribution < -0.4 is 15.0 Å². The zero-order valence-electron chi connectivity index (χ0n) is 22.1. The zero-order valence-corrected chi connectivity index (χ0v) is 22.1. The summed E-state index contributed by atoms with van der Waals surface area (Å²) in [5.41, 5.74) is 6.49. The Balaban J connectivity index is 1.71. The molecule has 0 bridgehead atoms. The van der Waals surface area contributed by atoms with E-state index in [1.165, 1.54) is 6.08 Å². The molecule has 1 amide bonds. The number of anilines is 2. The van der Waals surface area contributed by atoms with Gasteiger partial charge in [0.05, 0.1) is 24.2 Å². The van der Waals surface area contributed by atoms with E-state index >= 15 is 0 Å². The molecule has 0 aliphatic rings. The molecule has 2 heterocycles. The van der Waals surface area contributed by atoms with Gasteiger partial charge in [-0.25, -0.2) is 9.97 Å². The van der Waals surface area contributed by atoms with Crippen LogP contribution in [0.2, 0.25) is 0 Å². The molecule has 4 rings (SSSR count). The molecule has 8 nitrogen and oxygen atoms in total. The summed E-state index contributed by atoms with van der Waals surface area (Å²) in [7, 11) is 7.71. The summed E-state index contributed by atoms with van der Waals surface area (Å²) >= 11 is 0. The van der Waals surface area contributed by atoms with Crippen LogP contribution in [-0.4, -0.2) is 67.1 Å². The molecule has 0 radical (unpaired) electrons. The molecule has 2 aromatic heterocycles. The molecule has 192 valence electrons. The number of H-pyrrole nitrogens is 1. The van der Waals surface area contributed by atoms with Crippen LogP contribution in [0.25, 0.3) is 22.2 Å². The summed E-state index contributed by atoms with van der Waals surface area (Å²) in [4.78, 5) is 29.4. The molecule has 8 heteroatoms. The van der Waals surface area contributed by atoms with Gasteiger partial charge in [-0.15, -0.1) is 0 Å². The summed E-state index contributed by atoms with van der Waals surface area (Å²) in [5.74, 6) is 1.10. The van der Waals surface area contributed by atoms with Crippen molar-refractivity contribution in [2.45, 2.75) is 13.3 Å². The van der Waals surface area contributed by atoms with Gasteiger partial charge in [0, 0.05) is 66.5 Å². The second kappa shape index (κ2) is 11.3. The van der Waals surface area contributed by atoms with Gasteiger partial charge in [0.25, 0.3) is 0 Å². The van der Waals surface area contributed by atoms with Crippen LogP contribution in [0, 0.1) is 6.92 Å². The predicted octanol–water partition coefficient (Wildman–Crippen LogP) is 4.66. The number of nitrogens with one attached hydrogen (secondary N) is 2. The smallest absolute Gasteiger partial charge is 0.247 e. The molecular formula is C29H34N6O2. The number of likely N-dealkylation sites (N-methyl/N-ethyl adjacent to an activating group) is 2. The van der Waals surface area contributed by atoms with Crippen LogP contribution in [0.1, 0.15) is 17.1 Å². The fraction of sp³-hybridized carbons (Fsp3) is 0.276. The Morgan fingerprint density at radius 3 is 2.68 bits per heavy atom. The van der Waals surface area contributed by atoms with E-state index in [4.69, 9.17) is 9.72 Å². The van der Waals surface area contributed by atoms with E-state index in [0.717, 1.165) is 52.2 Å². The van der Waals surface area contributed by atoms with Crippen molar-refractivity contribution >= 4 is 28.2 Å². The van der Waals surface area contributed by atoms with Crippen LogP contribution in [0.4, 0.5) is 11.4 Å². The minimum absolute atomic E-state index is 0.272. The van der Waals surface area contributed by atoms with Crippen molar-refractivity contribution in [3.05, 3.63) is 78.4 Å². The third-order valence-corrected chi connectivity index (χ3v) is 6.34. The number of benzene rings is 2. The number of para-hydroxylation sites is 1. The van der Waals surface area contributed by atoms with Crippen LogP contribution in [0.15, 0.2) is 61.3 Å². The molecule has 0 fully saturated rings. The van der Waals surface area contributed by atoms with Gasteiger partial charge in [-0.3, -0.25) is 4.79 Å². The van der Waals surface area contributed by atoms with Gasteiger partial charge < -0.3 is 24.8 Å². The molecule has 37 heavy (non-hydrogen) atoms. The van der Waals surface area contributed by atoms with Gasteiger partial charge in [0.15, 0.2) is 0 Å². The second-order valence-corrected chi connectivity index (χ2v) is 9.30. The molecule has 2 N–H and O–H groups in total. The Morgan fingerprint density at radius 2 is 1.95 bits per heavy atom. The highest BCUT2D eigenvalue weighted by molar-refractivity contribution is 6.01. The molecule has 0 aliphatic carbocycles. The number of methoxy groups -OCH3 is 1. The van der Waals surface area contributed by atoms with E-state index in [1.807, 2.05) is 51.5 Å². The van der Waals surface area contributed by atoms with Crippen LogP contribution in [0.5, 0.6) is 5.75 Å². The Morgan fingerprint density at radius 1 is 1.16 bits per heavy atom. The molecule has 0 saturated heterocycles. The first kappa shape index (κ1) is 25.9.